The largest absolute Gasteiger partial charge is 0.383 e. The standard InChI is InChI=1S/C19H31ClN4O/c1-4-21-18(22-10-11-24(2)12-13-25-3)23-15-19(8-9-19)16-6-5-7-17(20)14-16/h5-7,14H,4,8-13,15H2,1-3H3,(H2,21,22,23). The van der Waals surface area contributed by atoms with Gasteiger partial charge in [-0.15, -0.1) is 0 Å². The minimum atomic E-state index is 0.169. The fourth-order valence-corrected chi connectivity index (χ4v) is 2.99. The Bertz CT molecular complexity index is 560. The highest BCUT2D eigenvalue weighted by molar-refractivity contribution is 6.30. The van der Waals surface area contributed by atoms with E-state index < -0.39 is 0 Å². The highest BCUT2D eigenvalue weighted by atomic mass is 35.5. The number of likely N-dealkylation sites (N-methyl/N-ethyl adjacent to an activating group) is 1. The normalized spacial score (nSPS) is 16.1. The number of guanidine groups is 1. The number of halogens is 1. The summed E-state index contributed by atoms with van der Waals surface area (Å²) in [5, 5.41) is 7.56. The van der Waals surface area contributed by atoms with Crippen LogP contribution in [0.5, 0.6) is 0 Å². The third-order valence-electron chi connectivity index (χ3n) is 4.64. The topological polar surface area (TPSA) is 48.9 Å². The van der Waals surface area contributed by atoms with E-state index in [9.17, 15) is 0 Å². The first-order chi connectivity index (χ1) is 12.1. The fraction of sp³-hybridized carbons (Fsp3) is 0.632. The Kier molecular flexibility index (Phi) is 8.00. The van der Waals surface area contributed by atoms with Gasteiger partial charge in [0, 0.05) is 43.7 Å². The first-order valence-corrected chi connectivity index (χ1v) is 9.43. The second kappa shape index (κ2) is 10.00. The Hall–Kier alpha value is -1.30. The number of ether oxygens (including phenoxy) is 1. The summed E-state index contributed by atoms with van der Waals surface area (Å²) >= 11 is 6.15. The van der Waals surface area contributed by atoms with E-state index >= 15 is 0 Å². The van der Waals surface area contributed by atoms with Crippen LogP contribution in [0.15, 0.2) is 29.3 Å². The van der Waals surface area contributed by atoms with E-state index in [2.05, 4.69) is 41.6 Å². The van der Waals surface area contributed by atoms with Crippen LogP contribution in [0, 0.1) is 0 Å². The molecular weight excluding hydrogens is 336 g/mol. The summed E-state index contributed by atoms with van der Waals surface area (Å²) in [4.78, 5) is 7.07. The van der Waals surface area contributed by atoms with Gasteiger partial charge in [0.1, 0.15) is 0 Å². The molecule has 25 heavy (non-hydrogen) atoms. The number of rotatable bonds is 10. The van der Waals surface area contributed by atoms with E-state index in [-0.39, 0.29) is 5.41 Å². The Morgan fingerprint density at radius 1 is 1.32 bits per heavy atom. The van der Waals surface area contributed by atoms with Crippen LogP contribution in [0.2, 0.25) is 5.02 Å². The van der Waals surface area contributed by atoms with Crippen molar-refractivity contribution in [2.24, 2.45) is 4.99 Å². The predicted molar refractivity (Wildman–Crippen MR) is 106 cm³/mol. The minimum Gasteiger partial charge on any atom is -0.383 e. The molecule has 1 aliphatic carbocycles. The first-order valence-electron chi connectivity index (χ1n) is 9.05. The van der Waals surface area contributed by atoms with Gasteiger partial charge in [-0.3, -0.25) is 4.99 Å². The summed E-state index contributed by atoms with van der Waals surface area (Å²) in [6, 6.07) is 8.20. The van der Waals surface area contributed by atoms with Crippen molar-refractivity contribution >= 4 is 17.6 Å². The van der Waals surface area contributed by atoms with Gasteiger partial charge in [0.05, 0.1) is 13.2 Å². The molecule has 0 aromatic heterocycles. The molecule has 1 aromatic carbocycles. The summed E-state index contributed by atoms with van der Waals surface area (Å²) in [6.45, 7) is 7.24. The molecule has 1 saturated carbocycles. The highest BCUT2D eigenvalue weighted by Crippen LogP contribution is 2.48. The van der Waals surface area contributed by atoms with E-state index in [0.29, 0.717) is 0 Å². The molecule has 1 aromatic rings. The van der Waals surface area contributed by atoms with Crippen LogP contribution >= 0.6 is 11.6 Å². The van der Waals surface area contributed by atoms with Gasteiger partial charge in [-0.05, 0) is 44.5 Å². The van der Waals surface area contributed by atoms with Crippen molar-refractivity contribution in [2.45, 2.75) is 25.2 Å². The van der Waals surface area contributed by atoms with E-state index in [0.717, 1.165) is 50.3 Å². The molecule has 6 heteroatoms. The number of methoxy groups -OCH3 is 1. The number of hydrogen-bond acceptors (Lipinski definition) is 3. The number of nitrogens with one attached hydrogen (secondary N) is 2. The molecule has 2 rings (SSSR count). The maximum absolute atomic E-state index is 6.15. The van der Waals surface area contributed by atoms with Gasteiger partial charge in [0.15, 0.2) is 5.96 Å². The Labute approximate surface area is 156 Å². The van der Waals surface area contributed by atoms with Crippen LogP contribution < -0.4 is 10.6 Å². The lowest BCUT2D eigenvalue weighted by molar-refractivity contribution is 0.162. The summed E-state index contributed by atoms with van der Waals surface area (Å²) in [5.41, 5.74) is 1.47. The third-order valence-corrected chi connectivity index (χ3v) is 4.87. The quantitative estimate of drug-likeness (QED) is 0.493. The zero-order valence-corrected chi connectivity index (χ0v) is 16.4. The molecule has 0 aliphatic heterocycles. The summed E-state index contributed by atoms with van der Waals surface area (Å²) in [5.74, 6) is 0.885. The lowest BCUT2D eigenvalue weighted by atomic mass is 9.96. The van der Waals surface area contributed by atoms with Gasteiger partial charge in [-0.2, -0.15) is 0 Å². The summed E-state index contributed by atoms with van der Waals surface area (Å²) in [6.07, 6.45) is 2.35. The van der Waals surface area contributed by atoms with Crippen LogP contribution in [-0.2, 0) is 10.2 Å². The third kappa shape index (κ3) is 6.49. The molecule has 2 N–H and O–H groups in total. The second-order valence-electron chi connectivity index (χ2n) is 6.71. The molecular formula is C19H31ClN4O. The molecule has 0 spiro atoms. The molecule has 140 valence electrons. The number of aliphatic imine (C=N–C) groups is 1. The fourth-order valence-electron chi connectivity index (χ4n) is 2.80. The average molecular weight is 367 g/mol. The maximum atomic E-state index is 6.15. The predicted octanol–water partition coefficient (Wildman–Crippen LogP) is 2.50. The molecule has 0 radical (unpaired) electrons. The number of benzene rings is 1. The van der Waals surface area contributed by atoms with E-state index in [1.54, 1.807) is 7.11 Å². The number of nitrogens with zero attached hydrogens (tertiary/aromatic N) is 2. The van der Waals surface area contributed by atoms with Crippen molar-refractivity contribution in [1.82, 2.24) is 15.5 Å². The van der Waals surface area contributed by atoms with Gasteiger partial charge in [-0.1, -0.05) is 23.7 Å². The van der Waals surface area contributed by atoms with Crippen molar-refractivity contribution in [1.29, 1.82) is 0 Å². The van der Waals surface area contributed by atoms with Crippen LogP contribution in [0.4, 0.5) is 0 Å². The Balaban J connectivity index is 1.87. The molecule has 0 saturated heterocycles. The second-order valence-corrected chi connectivity index (χ2v) is 7.15. The van der Waals surface area contributed by atoms with Crippen LogP contribution in [0.1, 0.15) is 25.3 Å². The van der Waals surface area contributed by atoms with Crippen molar-refractivity contribution in [2.75, 3.05) is 53.5 Å². The lowest BCUT2D eigenvalue weighted by Crippen LogP contribution is -2.41. The van der Waals surface area contributed by atoms with Gasteiger partial charge in [0.25, 0.3) is 0 Å². The summed E-state index contributed by atoms with van der Waals surface area (Å²) < 4.78 is 5.10. The average Bonchev–Trinajstić information content (AvgIpc) is 3.39. The van der Waals surface area contributed by atoms with Crippen LogP contribution in [0.25, 0.3) is 0 Å². The van der Waals surface area contributed by atoms with Gasteiger partial charge in [0.2, 0.25) is 0 Å². The Morgan fingerprint density at radius 3 is 2.76 bits per heavy atom. The molecule has 5 nitrogen and oxygen atoms in total. The van der Waals surface area contributed by atoms with E-state index in [1.165, 1.54) is 18.4 Å². The SMILES string of the molecule is CCNC(=NCC1(c2cccc(Cl)c2)CC1)NCCN(C)CCOC. The summed E-state index contributed by atoms with van der Waals surface area (Å²) in [7, 11) is 3.83. The molecule has 0 atom stereocenters. The van der Waals surface area contributed by atoms with Crippen molar-refractivity contribution in [3.05, 3.63) is 34.9 Å². The molecule has 0 bridgehead atoms. The molecule has 0 unspecified atom stereocenters. The van der Waals surface area contributed by atoms with Crippen molar-refractivity contribution in [3.63, 3.8) is 0 Å². The molecule has 0 amide bonds. The molecule has 1 aliphatic rings. The maximum Gasteiger partial charge on any atom is 0.191 e. The van der Waals surface area contributed by atoms with E-state index in [4.69, 9.17) is 21.3 Å². The minimum absolute atomic E-state index is 0.169. The smallest absolute Gasteiger partial charge is 0.191 e. The van der Waals surface area contributed by atoms with Crippen molar-refractivity contribution in [3.8, 4) is 0 Å². The van der Waals surface area contributed by atoms with Crippen LogP contribution in [-0.4, -0.2) is 64.3 Å². The van der Waals surface area contributed by atoms with Gasteiger partial charge in [-0.25, -0.2) is 0 Å². The zero-order valence-electron chi connectivity index (χ0n) is 15.6. The molecule has 1 fully saturated rings. The van der Waals surface area contributed by atoms with E-state index in [1.807, 2.05) is 12.1 Å². The Morgan fingerprint density at radius 2 is 2.12 bits per heavy atom. The first kappa shape index (κ1) is 20.0. The zero-order chi connectivity index (χ0) is 18.1. The monoisotopic (exact) mass is 366 g/mol. The van der Waals surface area contributed by atoms with Crippen LogP contribution in [0.3, 0.4) is 0 Å². The van der Waals surface area contributed by atoms with Gasteiger partial charge < -0.3 is 20.3 Å². The number of hydrogen-bond donors (Lipinski definition) is 2. The van der Waals surface area contributed by atoms with Gasteiger partial charge >= 0.3 is 0 Å². The highest BCUT2D eigenvalue weighted by Gasteiger charge is 2.44. The lowest BCUT2D eigenvalue weighted by Gasteiger charge is -2.19. The molecule has 0 heterocycles. The van der Waals surface area contributed by atoms with Crippen molar-refractivity contribution < 1.29 is 4.74 Å².